The van der Waals surface area contributed by atoms with Crippen LogP contribution in [0, 0.1) is 5.92 Å². The largest absolute Gasteiger partial charge is 0.485 e. The molecule has 3 atom stereocenters. The van der Waals surface area contributed by atoms with E-state index in [4.69, 9.17) is 19.9 Å². The van der Waals surface area contributed by atoms with Gasteiger partial charge in [-0.15, -0.1) is 0 Å². The number of nitrogens with two attached hydrogens (primary N) is 1. The molecule has 0 spiro atoms. The number of aliphatic hydroxyl groups is 1. The van der Waals surface area contributed by atoms with Crippen molar-refractivity contribution < 1.29 is 38.5 Å². The van der Waals surface area contributed by atoms with Gasteiger partial charge >= 0.3 is 6.03 Å². The summed E-state index contributed by atoms with van der Waals surface area (Å²) in [4.78, 5) is 55.6. The maximum absolute atomic E-state index is 13.8. The molecule has 14 heteroatoms. The van der Waals surface area contributed by atoms with Crippen molar-refractivity contribution in [2.24, 2.45) is 5.92 Å². The zero-order valence-electron chi connectivity index (χ0n) is 29.1. The van der Waals surface area contributed by atoms with Gasteiger partial charge in [0.1, 0.15) is 6.10 Å². The lowest BCUT2D eigenvalue weighted by atomic mass is 9.99. The number of nitrogen functional groups attached to an aromatic ring is 1. The Labute approximate surface area is 297 Å². The first-order valence-corrected chi connectivity index (χ1v) is 17.1. The molecule has 3 aromatic carbocycles. The molecular formula is C37H46N6O8. The van der Waals surface area contributed by atoms with Gasteiger partial charge in [-0.2, -0.15) is 0 Å². The van der Waals surface area contributed by atoms with Crippen LogP contribution in [-0.4, -0.2) is 84.3 Å². The SMILES string of the molecule is C[C@H]1CN([C@@H](C)CO)C(=O)c2cccc(NC(=O)CCCCCC(=O)Nc3ccccc3N)c2O[C@@H]1CN(C)C(=O)Nc1ccc2c(c1)OCO2. The number of anilines is 4. The summed E-state index contributed by atoms with van der Waals surface area (Å²) in [6.45, 7) is 3.98. The Balaban J connectivity index is 1.23. The summed E-state index contributed by atoms with van der Waals surface area (Å²) >= 11 is 0. The second-order valence-electron chi connectivity index (χ2n) is 12.9. The topological polar surface area (TPSA) is 185 Å². The molecule has 2 aliphatic heterocycles. The highest BCUT2D eigenvalue weighted by Gasteiger charge is 2.35. The third-order valence-electron chi connectivity index (χ3n) is 8.93. The predicted octanol–water partition coefficient (Wildman–Crippen LogP) is 4.91. The molecule has 0 saturated heterocycles. The molecule has 6 N–H and O–H groups in total. The van der Waals surface area contributed by atoms with Crippen LogP contribution in [0.1, 0.15) is 56.3 Å². The Bertz CT molecular complexity index is 1730. The average molecular weight is 703 g/mol. The van der Waals surface area contributed by atoms with E-state index in [1.165, 1.54) is 4.90 Å². The van der Waals surface area contributed by atoms with Crippen molar-refractivity contribution >= 4 is 46.5 Å². The Morgan fingerprint density at radius 1 is 0.941 bits per heavy atom. The molecule has 51 heavy (non-hydrogen) atoms. The van der Waals surface area contributed by atoms with Crippen LogP contribution in [-0.2, 0) is 9.59 Å². The minimum atomic E-state index is -0.590. The number of carbonyl (C=O) groups is 4. The third-order valence-corrected chi connectivity index (χ3v) is 8.93. The second-order valence-corrected chi connectivity index (χ2v) is 12.9. The number of urea groups is 1. The first kappa shape index (κ1) is 36.8. The summed E-state index contributed by atoms with van der Waals surface area (Å²) in [6.07, 6.45) is 1.70. The van der Waals surface area contributed by atoms with E-state index in [2.05, 4.69) is 16.0 Å². The Kier molecular flexibility index (Phi) is 12.2. The Morgan fingerprint density at radius 2 is 1.63 bits per heavy atom. The Morgan fingerprint density at radius 3 is 2.35 bits per heavy atom. The van der Waals surface area contributed by atoms with Crippen LogP contribution < -0.4 is 35.9 Å². The number of unbranched alkanes of at least 4 members (excludes halogenated alkanes) is 2. The van der Waals surface area contributed by atoms with E-state index in [1.807, 2.05) is 6.92 Å². The van der Waals surface area contributed by atoms with Gasteiger partial charge in [-0.3, -0.25) is 14.4 Å². The van der Waals surface area contributed by atoms with Gasteiger partial charge in [0, 0.05) is 44.1 Å². The van der Waals surface area contributed by atoms with Crippen molar-refractivity contribution in [3.63, 3.8) is 0 Å². The predicted molar refractivity (Wildman–Crippen MR) is 193 cm³/mol. The standard InChI is InChI=1S/C37H46N6O8/c1-23-19-43(24(2)21-44)36(47)26-10-9-13-29(41-34(46)15-6-4-5-14-33(45)40-28-12-8-7-11-27(28)38)35(26)51-32(23)20-42(3)37(48)39-25-16-17-30-31(18-25)50-22-49-30/h7-13,16-18,23-24,32,44H,4-6,14-15,19-22,38H2,1-3H3,(H,39,48)(H,40,45)(H,41,46)/t23-,24-,32+/m0/s1. The van der Waals surface area contributed by atoms with Gasteiger partial charge in [0.25, 0.3) is 5.91 Å². The van der Waals surface area contributed by atoms with Crippen LogP contribution in [0.4, 0.5) is 27.5 Å². The van der Waals surface area contributed by atoms with Crippen LogP contribution in [0.15, 0.2) is 60.7 Å². The number of rotatable bonds is 13. The van der Waals surface area contributed by atoms with Gasteiger partial charge in [-0.1, -0.05) is 31.5 Å². The minimum absolute atomic E-state index is 0.119. The van der Waals surface area contributed by atoms with E-state index in [0.717, 1.165) is 0 Å². The van der Waals surface area contributed by atoms with E-state index < -0.39 is 12.1 Å². The maximum atomic E-state index is 13.8. The van der Waals surface area contributed by atoms with Gasteiger partial charge in [0.05, 0.1) is 41.8 Å². The van der Waals surface area contributed by atoms with E-state index in [0.29, 0.717) is 59.9 Å². The van der Waals surface area contributed by atoms with E-state index >= 15 is 0 Å². The molecule has 0 fully saturated rings. The van der Waals surface area contributed by atoms with E-state index in [1.54, 1.807) is 79.5 Å². The smallest absolute Gasteiger partial charge is 0.321 e. The lowest BCUT2D eigenvalue weighted by Crippen LogP contribution is -2.50. The normalized spacial score (nSPS) is 16.9. The van der Waals surface area contributed by atoms with Crippen LogP contribution in [0.2, 0.25) is 0 Å². The van der Waals surface area contributed by atoms with E-state index in [9.17, 15) is 24.3 Å². The number of fused-ring (bicyclic) bond motifs is 2. The highest BCUT2D eigenvalue weighted by atomic mass is 16.7. The summed E-state index contributed by atoms with van der Waals surface area (Å²) < 4.78 is 17.3. The number of ether oxygens (including phenoxy) is 3. The molecule has 3 aromatic rings. The number of aliphatic hydroxyl groups excluding tert-OH is 1. The number of hydrogen-bond acceptors (Lipinski definition) is 9. The molecule has 0 aromatic heterocycles. The van der Waals surface area contributed by atoms with E-state index in [-0.39, 0.29) is 73.9 Å². The van der Waals surface area contributed by atoms with Gasteiger partial charge in [-0.25, -0.2) is 4.79 Å². The molecular weight excluding hydrogens is 656 g/mol. The molecule has 5 amide bonds. The quantitative estimate of drug-likeness (QED) is 0.122. The molecule has 0 saturated carbocycles. The van der Waals surface area contributed by atoms with Gasteiger partial charge in [-0.05, 0) is 56.2 Å². The summed E-state index contributed by atoms with van der Waals surface area (Å²) in [5.41, 5.74) is 8.06. The number of nitrogens with one attached hydrogen (secondary N) is 3. The lowest BCUT2D eigenvalue weighted by molar-refractivity contribution is -0.116. The summed E-state index contributed by atoms with van der Waals surface area (Å²) in [7, 11) is 1.64. The van der Waals surface area contributed by atoms with Crippen molar-refractivity contribution in [3.8, 4) is 17.2 Å². The molecule has 14 nitrogen and oxygen atoms in total. The minimum Gasteiger partial charge on any atom is -0.485 e. The van der Waals surface area contributed by atoms with Crippen LogP contribution in [0.25, 0.3) is 0 Å². The van der Waals surface area contributed by atoms with Gasteiger partial charge in [0.2, 0.25) is 18.6 Å². The van der Waals surface area contributed by atoms with Crippen molar-refractivity contribution in [2.45, 2.75) is 58.1 Å². The molecule has 2 aliphatic rings. The molecule has 0 aliphatic carbocycles. The second kappa shape index (κ2) is 16.9. The third kappa shape index (κ3) is 9.39. The lowest BCUT2D eigenvalue weighted by Gasteiger charge is -2.38. The van der Waals surface area contributed by atoms with Gasteiger partial charge < -0.3 is 50.8 Å². The first-order valence-electron chi connectivity index (χ1n) is 17.1. The molecule has 0 bridgehead atoms. The summed E-state index contributed by atoms with van der Waals surface area (Å²) in [6, 6.07) is 16.3. The summed E-state index contributed by atoms with van der Waals surface area (Å²) in [5, 5.41) is 18.6. The van der Waals surface area contributed by atoms with Crippen LogP contribution in [0.3, 0.4) is 0 Å². The fourth-order valence-electron chi connectivity index (χ4n) is 5.89. The first-order chi connectivity index (χ1) is 24.5. The highest BCUT2D eigenvalue weighted by Crippen LogP contribution is 2.36. The number of nitrogens with zero attached hydrogens (tertiary/aromatic N) is 2. The molecule has 2 heterocycles. The molecule has 5 rings (SSSR count). The van der Waals surface area contributed by atoms with Crippen molar-refractivity contribution in [1.29, 1.82) is 0 Å². The monoisotopic (exact) mass is 702 g/mol. The molecule has 0 unspecified atom stereocenters. The van der Waals surface area contributed by atoms with Crippen molar-refractivity contribution in [3.05, 3.63) is 66.2 Å². The van der Waals surface area contributed by atoms with Crippen LogP contribution in [0.5, 0.6) is 17.2 Å². The average Bonchev–Trinajstić information content (AvgIpc) is 3.58. The fourth-order valence-corrected chi connectivity index (χ4v) is 5.89. The number of benzene rings is 3. The van der Waals surface area contributed by atoms with Crippen molar-refractivity contribution in [1.82, 2.24) is 9.80 Å². The van der Waals surface area contributed by atoms with Crippen LogP contribution >= 0.6 is 0 Å². The number of amides is 5. The number of hydrogen-bond donors (Lipinski definition) is 5. The zero-order chi connectivity index (χ0) is 36.5. The molecule has 0 radical (unpaired) electrons. The number of carbonyl (C=O) groups excluding carboxylic acids is 4. The maximum Gasteiger partial charge on any atom is 0.321 e. The summed E-state index contributed by atoms with van der Waals surface area (Å²) in [5.74, 6) is 0.321. The number of likely N-dealkylation sites (N-methyl/N-ethyl adjacent to an activating group) is 1. The zero-order valence-corrected chi connectivity index (χ0v) is 29.1. The highest BCUT2D eigenvalue weighted by molar-refractivity contribution is 6.01. The van der Waals surface area contributed by atoms with Gasteiger partial charge in [0.15, 0.2) is 17.2 Å². The fraction of sp³-hybridized carbons (Fsp3) is 0.405. The Hall–Kier alpha value is -5.50. The number of para-hydroxylation sites is 3. The molecule has 272 valence electrons. The van der Waals surface area contributed by atoms with Crippen molar-refractivity contribution in [2.75, 3.05) is 55.2 Å².